The van der Waals surface area contributed by atoms with Gasteiger partial charge in [-0.15, -0.1) is 0 Å². The molecule has 0 saturated heterocycles. The van der Waals surface area contributed by atoms with Crippen LogP contribution in [0.15, 0.2) is 36.2 Å². The normalized spacial score (nSPS) is 13.8. The molecule has 0 bridgehead atoms. The Morgan fingerprint density at radius 3 is 2.52 bits per heavy atom. The van der Waals surface area contributed by atoms with Crippen LogP contribution in [-0.4, -0.2) is 21.4 Å². The van der Waals surface area contributed by atoms with Crippen molar-refractivity contribution in [2.75, 3.05) is 17.2 Å². The Kier molecular flexibility index (Phi) is 6.47. The van der Waals surface area contributed by atoms with Gasteiger partial charge in [0.25, 0.3) is 0 Å². The number of halogens is 2. The molecule has 1 aliphatic carbocycles. The Hall–Kier alpha value is -2.38. The summed E-state index contributed by atoms with van der Waals surface area (Å²) < 4.78 is 0. The smallest absolute Gasteiger partial charge is 0.353 e. The van der Waals surface area contributed by atoms with Crippen molar-refractivity contribution in [3.63, 3.8) is 0 Å². The van der Waals surface area contributed by atoms with Crippen LogP contribution in [-0.2, 0) is 0 Å². The number of allylic oxidation sites excluding steroid dienone is 1. The number of aromatic nitrogens is 2. The lowest BCUT2D eigenvalue weighted by Crippen LogP contribution is -2.10. The SMILES string of the molecule is O=[N+]([O-])c1c(NCCC2=CCCCC2)ncnc1Nc1cc(Cl)cc(Cl)c1. The summed E-state index contributed by atoms with van der Waals surface area (Å²) >= 11 is 12.0. The molecule has 7 nitrogen and oxygen atoms in total. The largest absolute Gasteiger partial charge is 0.364 e. The molecule has 0 unspecified atom stereocenters. The molecule has 0 atom stereocenters. The van der Waals surface area contributed by atoms with E-state index in [0.717, 1.165) is 19.3 Å². The molecule has 1 aliphatic rings. The summed E-state index contributed by atoms with van der Waals surface area (Å²) in [7, 11) is 0. The number of benzene rings is 1. The minimum Gasteiger partial charge on any atom is -0.364 e. The fourth-order valence-corrected chi connectivity index (χ4v) is 3.53. The highest BCUT2D eigenvalue weighted by Gasteiger charge is 2.23. The number of anilines is 3. The molecular formula is C18H19Cl2N5O2. The summed E-state index contributed by atoms with van der Waals surface area (Å²) in [5.74, 6) is 0.259. The fourth-order valence-electron chi connectivity index (χ4n) is 3.01. The number of nitro groups is 1. The van der Waals surface area contributed by atoms with Crippen molar-refractivity contribution in [3.05, 3.63) is 56.3 Å². The highest BCUT2D eigenvalue weighted by atomic mass is 35.5. The molecule has 1 aromatic carbocycles. The summed E-state index contributed by atoms with van der Waals surface area (Å²) in [6, 6.07) is 4.81. The lowest BCUT2D eigenvalue weighted by molar-refractivity contribution is -0.383. The Balaban J connectivity index is 1.77. The van der Waals surface area contributed by atoms with Crippen LogP contribution in [0.25, 0.3) is 0 Å². The number of rotatable bonds is 7. The maximum absolute atomic E-state index is 11.6. The van der Waals surface area contributed by atoms with E-state index in [0.29, 0.717) is 22.3 Å². The van der Waals surface area contributed by atoms with Crippen molar-refractivity contribution in [1.29, 1.82) is 0 Å². The second-order valence-electron chi connectivity index (χ2n) is 6.24. The van der Waals surface area contributed by atoms with Gasteiger partial charge < -0.3 is 10.6 Å². The molecule has 2 aromatic rings. The molecule has 0 spiro atoms. The molecule has 9 heteroatoms. The summed E-state index contributed by atoms with van der Waals surface area (Å²) in [6.07, 6.45) is 9.02. The summed E-state index contributed by atoms with van der Waals surface area (Å²) in [5.41, 5.74) is 1.68. The van der Waals surface area contributed by atoms with Gasteiger partial charge >= 0.3 is 5.69 Å². The lowest BCUT2D eigenvalue weighted by Gasteiger charge is -2.14. The molecule has 1 aromatic heterocycles. The topological polar surface area (TPSA) is 93.0 Å². The van der Waals surface area contributed by atoms with E-state index in [1.54, 1.807) is 18.2 Å². The molecule has 142 valence electrons. The zero-order chi connectivity index (χ0) is 19.2. The van der Waals surface area contributed by atoms with E-state index in [1.807, 2.05) is 0 Å². The molecule has 27 heavy (non-hydrogen) atoms. The molecule has 3 rings (SSSR count). The number of hydrogen-bond acceptors (Lipinski definition) is 6. The van der Waals surface area contributed by atoms with Crippen LogP contribution in [0.3, 0.4) is 0 Å². The predicted molar refractivity (Wildman–Crippen MR) is 108 cm³/mol. The van der Waals surface area contributed by atoms with E-state index < -0.39 is 4.92 Å². The van der Waals surface area contributed by atoms with E-state index in [2.05, 4.69) is 26.7 Å². The standard InChI is InChI=1S/C18H19Cl2N5O2/c19-13-8-14(20)10-15(9-13)24-18-16(25(26)27)17(22-11-23-18)21-7-6-12-4-2-1-3-5-12/h4,8-11H,1-3,5-7H2,(H2,21,22,23,24). The first-order chi connectivity index (χ1) is 13.0. The first-order valence-electron chi connectivity index (χ1n) is 8.67. The van der Waals surface area contributed by atoms with Crippen LogP contribution in [0, 0.1) is 10.1 Å². The second-order valence-corrected chi connectivity index (χ2v) is 7.12. The Labute approximate surface area is 167 Å². The number of nitrogens with zero attached hydrogens (tertiary/aromatic N) is 3. The van der Waals surface area contributed by atoms with Crippen LogP contribution in [0.4, 0.5) is 23.0 Å². The molecule has 0 aliphatic heterocycles. The Bertz CT molecular complexity index is 853. The van der Waals surface area contributed by atoms with E-state index in [4.69, 9.17) is 23.2 Å². The van der Waals surface area contributed by atoms with Gasteiger partial charge in [0.15, 0.2) is 0 Å². The van der Waals surface area contributed by atoms with Crippen LogP contribution in [0.2, 0.25) is 10.0 Å². The monoisotopic (exact) mass is 407 g/mol. The van der Waals surface area contributed by atoms with E-state index >= 15 is 0 Å². The highest BCUT2D eigenvalue weighted by molar-refractivity contribution is 6.35. The van der Waals surface area contributed by atoms with Crippen LogP contribution in [0.5, 0.6) is 0 Å². The van der Waals surface area contributed by atoms with Crippen molar-refractivity contribution < 1.29 is 4.92 Å². The molecule has 0 saturated carbocycles. The van der Waals surface area contributed by atoms with Gasteiger partial charge in [0, 0.05) is 22.3 Å². The third-order valence-corrected chi connectivity index (χ3v) is 4.69. The quantitative estimate of drug-likeness (QED) is 0.345. The first kappa shape index (κ1) is 19.4. The van der Waals surface area contributed by atoms with Gasteiger partial charge in [-0.2, -0.15) is 0 Å². The number of nitrogens with one attached hydrogen (secondary N) is 2. The minimum atomic E-state index is -0.503. The molecule has 1 heterocycles. The van der Waals surface area contributed by atoms with E-state index in [9.17, 15) is 10.1 Å². The van der Waals surface area contributed by atoms with E-state index in [-0.39, 0.29) is 17.3 Å². The van der Waals surface area contributed by atoms with Gasteiger partial charge in [0.05, 0.1) is 4.92 Å². The Morgan fingerprint density at radius 2 is 1.85 bits per heavy atom. The van der Waals surface area contributed by atoms with E-state index in [1.165, 1.54) is 24.7 Å². The molecular weight excluding hydrogens is 389 g/mol. The molecule has 0 amide bonds. The minimum absolute atomic E-state index is 0.0766. The summed E-state index contributed by atoms with van der Waals surface area (Å²) in [5, 5.41) is 18.4. The number of hydrogen-bond donors (Lipinski definition) is 2. The third-order valence-electron chi connectivity index (χ3n) is 4.25. The van der Waals surface area contributed by atoms with Crippen molar-refractivity contribution in [3.8, 4) is 0 Å². The van der Waals surface area contributed by atoms with Crippen LogP contribution < -0.4 is 10.6 Å². The second kappa shape index (κ2) is 9.01. The highest BCUT2D eigenvalue weighted by Crippen LogP contribution is 2.33. The maximum atomic E-state index is 11.6. The third kappa shape index (κ3) is 5.30. The van der Waals surface area contributed by atoms with Gasteiger partial charge in [-0.1, -0.05) is 34.9 Å². The van der Waals surface area contributed by atoms with Crippen molar-refractivity contribution in [2.24, 2.45) is 0 Å². The van der Waals surface area contributed by atoms with Crippen molar-refractivity contribution in [1.82, 2.24) is 9.97 Å². The Morgan fingerprint density at radius 1 is 1.11 bits per heavy atom. The summed E-state index contributed by atoms with van der Waals surface area (Å²) in [4.78, 5) is 19.2. The van der Waals surface area contributed by atoms with Crippen molar-refractivity contribution in [2.45, 2.75) is 32.1 Å². The van der Waals surface area contributed by atoms with Gasteiger partial charge in [-0.3, -0.25) is 10.1 Å². The average molecular weight is 408 g/mol. The molecule has 0 radical (unpaired) electrons. The lowest BCUT2D eigenvalue weighted by atomic mass is 9.97. The average Bonchev–Trinajstić information content (AvgIpc) is 2.61. The zero-order valence-electron chi connectivity index (χ0n) is 14.5. The molecule has 0 fully saturated rings. The van der Waals surface area contributed by atoms with Gasteiger partial charge in [-0.05, 0) is 50.3 Å². The molecule has 2 N–H and O–H groups in total. The predicted octanol–water partition coefficient (Wildman–Crippen LogP) is 5.74. The van der Waals surface area contributed by atoms with Crippen LogP contribution in [0.1, 0.15) is 32.1 Å². The van der Waals surface area contributed by atoms with Crippen LogP contribution >= 0.6 is 23.2 Å². The van der Waals surface area contributed by atoms with Crippen molar-refractivity contribution >= 4 is 46.2 Å². The zero-order valence-corrected chi connectivity index (χ0v) is 16.1. The van der Waals surface area contributed by atoms with Gasteiger partial charge in [-0.25, -0.2) is 9.97 Å². The summed E-state index contributed by atoms with van der Waals surface area (Å²) in [6.45, 7) is 0.576. The first-order valence-corrected chi connectivity index (χ1v) is 9.43. The maximum Gasteiger partial charge on any atom is 0.353 e. The fraction of sp³-hybridized carbons (Fsp3) is 0.333. The van der Waals surface area contributed by atoms with Gasteiger partial charge in [0.1, 0.15) is 6.33 Å². The van der Waals surface area contributed by atoms with Gasteiger partial charge in [0.2, 0.25) is 11.6 Å².